The van der Waals surface area contributed by atoms with Gasteiger partial charge in [-0.1, -0.05) is 13.8 Å². The molecule has 1 unspecified atom stereocenters. The number of rotatable bonds is 5. The number of anilines is 1. The van der Waals surface area contributed by atoms with E-state index in [9.17, 15) is 5.11 Å². The Morgan fingerprint density at radius 1 is 1.30 bits per heavy atom. The van der Waals surface area contributed by atoms with E-state index in [0.29, 0.717) is 12.5 Å². The van der Waals surface area contributed by atoms with Gasteiger partial charge in [0, 0.05) is 5.69 Å². The molecule has 0 bridgehead atoms. The zero-order valence-corrected chi connectivity index (χ0v) is 14.6. The molecule has 1 aliphatic carbocycles. The summed E-state index contributed by atoms with van der Waals surface area (Å²) in [6.07, 6.45) is 2.97. The number of aliphatic hydroxyl groups is 1. The highest BCUT2D eigenvalue weighted by molar-refractivity contribution is 5.92. The Bertz CT molecular complexity index is 552. The summed E-state index contributed by atoms with van der Waals surface area (Å²) in [5, 5.41) is 13.8. The van der Waals surface area contributed by atoms with Crippen molar-refractivity contribution < 1.29 is 9.84 Å². The number of nitrogens with one attached hydrogen (secondary N) is 1. The summed E-state index contributed by atoms with van der Waals surface area (Å²) in [5.74, 6) is 1.14. The van der Waals surface area contributed by atoms with E-state index < -0.39 is 5.60 Å². The smallest absolute Gasteiger partial charge is 0.193 e. The highest BCUT2D eigenvalue weighted by atomic mass is 16.5. The van der Waals surface area contributed by atoms with E-state index in [0.717, 1.165) is 30.7 Å². The van der Waals surface area contributed by atoms with Crippen molar-refractivity contribution in [2.45, 2.75) is 58.7 Å². The van der Waals surface area contributed by atoms with Gasteiger partial charge in [-0.3, -0.25) is 4.99 Å². The first-order valence-corrected chi connectivity index (χ1v) is 8.28. The van der Waals surface area contributed by atoms with Crippen LogP contribution < -0.4 is 15.8 Å². The van der Waals surface area contributed by atoms with Gasteiger partial charge >= 0.3 is 0 Å². The number of ether oxygens (including phenoxy) is 1. The Morgan fingerprint density at radius 3 is 2.48 bits per heavy atom. The Labute approximate surface area is 138 Å². The molecule has 0 heterocycles. The molecule has 0 spiro atoms. The van der Waals surface area contributed by atoms with Crippen LogP contribution in [0.1, 0.15) is 47.0 Å². The number of guanidine groups is 1. The zero-order chi connectivity index (χ0) is 17.1. The summed E-state index contributed by atoms with van der Waals surface area (Å²) in [4.78, 5) is 4.34. The molecule has 5 nitrogen and oxygen atoms in total. The summed E-state index contributed by atoms with van der Waals surface area (Å²) in [7, 11) is 0. The molecule has 1 aromatic carbocycles. The molecule has 0 amide bonds. The Hall–Kier alpha value is -1.75. The lowest BCUT2D eigenvalue weighted by Crippen LogP contribution is -2.43. The van der Waals surface area contributed by atoms with E-state index in [1.807, 2.05) is 38.1 Å². The molecule has 23 heavy (non-hydrogen) atoms. The summed E-state index contributed by atoms with van der Waals surface area (Å²) in [6.45, 7) is 8.49. The third-order valence-corrected chi connectivity index (χ3v) is 4.66. The first-order chi connectivity index (χ1) is 10.7. The maximum absolute atomic E-state index is 10.7. The Kier molecular flexibility index (Phi) is 5.19. The van der Waals surface area contributed by atoms with E-state index in [4.69, 9.17) is 10.5 Å². The SMILES string of the molecule is CC(C)Oc1ccc(NC(N)=NCC2(O)CCCC2(C)C)cc1. The van der Waals surface area contributed by atoms with Crippen molar-refractivity contribution in [3.63, 3.8) is 0 Å². The second-order valence-corrected chi connectivity index (χ2v) is 7.29. The quantitative estimate of drug-likeness (QED) is 0.575. The van der Waals surface area contributed by atoms with Crippen LogP contribution in [0.3, 0.4) is 0 Å². The van der Waals surface area contributed by atoms with Gasteiger partial charge in [-0.15, -0.1) is 0 Å². The van der Waals surface area contributed by atoms with Crippen molar-refractivity contribution in [2.75, 3.05) is 11.9 Å². The molecule has 0 radical (unpaired) electrons. The Balaban J connectivity index is 1.95. The van der Waals surface area contributed by atoms with Crippen molar-refractivity contribution in [3.05, 3.63) is 24.3 Å². The van der Waals surface area contributed by atoms with Crippen LogP contribution in [-0.2, 0) is 0 Å². The van der Waals surface area contributed by atoms with Gasteiger partial charge in [-0.2, -0.15) is 0 Å². The first kappa shape index (κ1) is 17.6. The highest BCUT2D eigenvalue weighted by Crippen LogP contribution is 2.45. The molecule has 1 fully saturated rings. The molecule has 1 atom stereocenters. The molecule has 128 valence electrons. The van der Waals surface area contributed by atoms with Crippen LogP contribution in [0.5, 0.6) is 5.75 Å². The summed E-state index contributed by atoms with van der Waals surface area (Å²) >= 11 is 0. The van der Waals surface area contributed by atoms with Gasteiger partial charge in [-0.05, 0) is 62.8 Å². The van der Waals surface area contributed by atoms with Crippen molar-refractivity contribution in [2.24, 2.45) is 16.1 Å². The first-order valence-electron chi connectivity index (χ1n) is 8.28. The molecule has 0 aliphatic heterocycles. The maximum Gasteiger partial charge on any atom is 0.193 e. The van der Waals surface area contributed by atoms with Crippen molar-refractivity contribution in [1.29, 1.82) is 0 Å². The second kappa shape index (κ2) is 6.79. The molecule has 0 aromatic heterocycles. The van der Waals surface area contributed by atoms with Gasteiger partial charge in [0.15, 0.2) is 5.96 Å². The fourth-order valence-corrected chi connectivity index (χ4v) is 2.98. The van der Waals surface area contributed by atoms with Gasteiger partial charge < -0.3 is 20.9 Å². The molecular weight excluding hydrogens is 290 g/mol. The van der Waals surface area contributed by atoms with Gasteiger partial charge in [-0.25, -0.2) is 0 Å². The number of aliphatic imine (C=N–C) groups is 1. The number of hydrogen-bond donors (Lipinski definition) is 3. The predicted molar refractivity (Wildman–Crippen MR) is 94.9 cm³/mol. The Morgan fingerprint density at radius 2 is 1.96 bits per heavy atom. The van der Waals surface area contributed by atoms with Crippen molar-refractivity contribution in [3.8, 4) is 5.75 Å². The molecule has 2 rings (SSSR count). The lowest BCUT2D eigenvalue weighted by molar-refractivity contribution is -0.0334. The van der Waals surface area contributed by atoms with E-state index >= 15 is 0 Å². The summed E-state index contributed by atoms with van der Waals surface area (Å²) < 4.78 is 5.60. The zero-order valence-electron chi connectivity index (χ0n) is 14.6. The average Bonchev–Trinajstić information content (AvgIpc) is 2.73. The predicted octanol–water partition coefficient (Wildman–Crippen LogP) is 3.14. The molecule has 4 N–H and O–H groups in total. The highest BCUT2D eigenvalue weighted by Gasteiger charge is 2.47. The summed E-state index contributed by atoms with van der Waals surface area (Å²) in [6, 6.07) is 7.58. The molecule has 0 saturated heterocycles. The van der Waals surface area contributed by atoms with Crippen LogP contribution in [0, 0.1) is 5.41 Å². The van der Waals surface area contributed by atoms with Crippen molar-refractivity contribution >= 4 is 11.6 Å². The lowest BCUT2D eigenvalue weighted by atomic mass is 9.78. The minimum Gasteiger partial charge on any atom is -0.491 e. The van der Waals surface area contributed by atoms with Crippen LogP contribution in [0.4, 0.5) is 5.69 Å². The standard InChI is InChI=1S/C18H29N3O2/c1-13(2)23-15-8-6-14(7-9-15)21-16(19)20-12-18(22)11-5-10-17(18,3)4/h6-9,13,22H,5,10-12H2,1-4H3,(H3,19,20,21). The lowest BCUT2D eigenvalue weighted by Gasteiger charge is -2.35. The molecular formula is C18H29N3O2. The van der Waals surface area contributed by atoms with Crippen LogP contribution in [0.25, 0.3) is 0 Å². The molecule has 1 saturated carbocycles. The number of nitrogens with two attached hydrogens (primary N) is 1. The third kappa shape index (κ3) is 4.38. The second-order valence-electron chi connectivity index (χ2n) is 7.29. The van der Waals surface area contributed by atoms with E-state index in [1.165, 1.54) is 0 Å². The normalized spacial score (nSPS) is 24.0. The minimum absolute atomic E-state index is 0.118. The van der Waals surface area contributed by atoms with Gasteiger partial charge in [0.2, 0.25) is 0 Å². The maximum atomic E-state index is 10.7. The van der Waals surface area contributed by atoms with Crippen molar-refractivity contribution in [1.82, 2.24) is 0 Å². The van der Waals surface area contributed by atoms with Crippen LogP contribution in [0.2, 0.25) is 0 Å². The largest absolute Gasteiger partial charge is 0.491 e. The number of hydrogen-bond acceptors (Lipinski definition) is 3. The minimum atomic E-state index is -0.770. The fourth-order valence-electron chi connectivity index (χ4n) is 2.98. The monoisotopic (exact) mass is 319 g/mol. The van der Waals surface area contributed by atoms with Gasteiger partial charge in [0.25, 0.3) is 0 Å². The van der Waals surface area contributed by atoms with Gasteiger partial charge in [0.1, 0.15) is 5.75 Å². The van der Waals surface area contributed by atoms with Crippen LogP contribution in [-0.4, -0.2) is 29.3 Å². The average molecular weight is 319 g/mol. The molecule has 1 aliphatic rings. The molecule has 5 heteroatoms. The van der Waals surface area contributed by atoms with Gasteiger partial charge in [0.05, 0.1) is 18.2 Å². The van der Waals surface area contributed by atoms with E-state index in [1.54, 1.807) is 0 Å². The van der Waals surface area contributed by atoms with Crippen LogP contribution in [0.15, 0.2) is 29.3 Å². The fraction of sp³-hybridized carbons (Fsp3) is 0.611. The van der Waals surface area contributed by atoms with E-state index in [-0.39, 0.29) is 11.5 Å². The summed E-state index contributed by atoms with van der Waals surface area (Å²) in [5.41, 5.74) is 5.91. The third-order valence-electron chi connectivity index (χ3n) is 4.66. The topological polar surface area (TPSA) is 79.9 Å². The number of nitrogens with zero attached hydrogens (tertiary/aromatic N) is 1. The molecule has 1 aromatic rings. The van der Waals surface area contributed by atoms with Crippen LogP contribution >= 0.6 is 0 Å². The number of benzene rings is 1. The van der Waals surface area contributed by atoms with E-state index in [2.05, 4.69) is 24.2 Å².